The maximum absolute atomic E-state index is 14.6. The number of nitrogens with zero attached hydrogens (tertiary/aromatic N) is 3. The lowest BCUT2D eigenvalue weighted by Crippen LogP contribution is -2.40. The summed E-state index contributed by atoms with van der Waals surface area (Å²) in [6.07, 6.45) is 5.08. The molecule has 1 aliphatic heterocycles. The Morgan fingerprint density at radius 1 is 1.11 bits per heavy atom. The number of halogens is 2. The summed E-state index contributed by atoms with van der Waals surface area (Å²) < 4.78 is 30.6. The third kappa shape index (κ3) is 5.80. The number of benzene rings is 3. The molecule has 5 aromatic rings. The topological polar surface area (TPSA) is 74.8 Å². The smallest absolute Gasteiger partial charge is 0.338 e. The van der Waals surface area contributed by atoms with Crippen molar-refractivity contribution in [1.29, 1.82) is 0 Å². The molecule has 10 heteroatoms. The molecule has 0 amide bonds. The molecule has 0 fully saturated rings. The number of carbonyl (C=O) groups is 1. The number of fused-ring (bicyclic) bond motifs is 2. The van der Waals surface area contributed by atoms with Crippen LogP contribution >= 0.6 is 27.3 Å². The lowest BCUT2D eigenvalue weighted by Gasteiger charge is -2.27. The second kappa shape index (κ2) is 13.0. The van der Waals surface area contributed by atoms with Gasteiger partial charge in [-0.1, -0.05) is 77.0 Å². The van der Waals surface area contributed by atoms with E-state index in [4.69, 9.17) is 14.5 Å². The summed E-state index contributed by atoms with van der Waals surface area (Å²) in [5.41, 5.74) is 3.60. The van der Waals surface area contributed by atoms with E-state index in [9.17, 15) is 14.0 Å². The van der Waals surface area contributed by atoms with Crippen LogP contribution in [0.2, 0.25) is 0 Å². The molecular formula is C35H31BrFN3O4S. The molecule has 0 bridgehead atoms. The number of aromatic nitrogens is 2. The fourth-order valence-electron chi connectivity index (χ4n) is 5.81. The average Bonchev–Trinajstić information content (AvgIpc) is 3.54. The monoisotopic (exact) mass is 687 g/mol. The number of thiazole rings is 1. The highest BCUT2D eigenvalue weighted by Gasteiger charge is 2.36. The van der Waals surface area contributed by atoms with E-state index in [1.54, 1.807) is 30.7 Å². The average molecular weight is 689 g/mol. The standard InChI is InChI=1S/C35H31BrFN3O4S/c1-4-10-27-31(34(42)44-5-2)32(25-18-23(36)15-16-29(25)43-3)40-33(41)30(45-35(40)38-27)17-22-20-39(28-14-9-7-12-24(22)28)19-21-11-6-8-13-26(21)37/h6-9,11-18,20,32H,4-5,10,19H2,1-3H3/b30-17+/t32-/m0/s1. The molecule has 0 aliphatic carbocycles. The zero-order valence-corrected chi connectivity index (χ0v) is 27.5. The molecule has 2 aromatic heterocycles. The molecule has 0 saturated carbocycles. The van der Waals surface area contributed by atoms with Crippen LogP contribution in [-0.4, -0.2) is 28.8 Å². The van der Waals surface area contributed by atoms with Gasteiger partial charge in [-0.25, -0.2) is 14.2 Å². The summed E-state index contributed by atoms with van der Waals surface area (Å²) in [7, 11) is 1.56. The van der Waals surface area contributed by atoms with Crippen molar-refractivity contribution in [3.05, 3.63) is 131 Å². The van der Waals surface area contributed by atoms with Crippen LogP contribution in [0.5, 0.6) is 5.75 Å². The molecule has 3 heterocycles. The van der Waals surface area contributed by atoms with Gasteiger partial charge in [0.15, 0.2) is 4.80 Å². The minimum Gasteiger partial charge on any atom is -0.496 e. The number of carbonyl (C=O) groups excluding carboxylic acids is 1. The quantitative estimate of drug-likeness (QED) is 0.166. The summed E-state index contributed by atoms with van der Waals surface area (Å²) in [6, 6.07) is 19.3. The molecule has 45 heavy (non-hydrogen) atoms. The van der Waals surface area contributed by atoms with Crippen molar-refractivity contribution in [2.24, 2.45) is 4.99 Å². The first-order chi connectivity index (χ1) is 21.8. The number of para-hydroxylation sites is 1. The molecule has 7 nitrogen and oxygen atoms in total. The first-order valence-corrected chi connectivity index (χ1v) is 16.3. The highest BCUT2D eigenvalue weighted by molar-refractivity contribution is 9.10. The van der Waals surface area contributed by atoms with Crippen LogP contribution < -0.4 is 19.6 Å². The van der Waals surface area contributed by atoms with E-state index >= 15 is 0 Å². The SMILES string of the molecule is CCCC1=C(C(=O)OCC)[C@H](c2cc(Br)ccc2OC)n2c(s/c(=C/c3cn(Cc4ccccc4F)c4ccccc34)c2=O)=N1. The zero-order valence-electron chi connectivity index (χ0n) is 25.1. The molecular weight excluding hydrogens is 657 g/mol. The Morgan fingerprint density at radius 2 is 1.89 bits per heavy atom. The molecule has 3 aromatic carbocycles. The summed E-state index contributed by atoms with van der Waals surface area (Å²) in [4.78, 5) is 33.3. The number of methoxy groups -OCH3 is 1. The molecule has 0 N–H and O–H groups in total. The van der Waals surface area contributed by atoms with Gasteiger partial charge in [0, 0.05) is 38.3 Å². The van der Waals surface area contributed by atoms with Gasteiger partial charge in [0.1, 0.15) is 17.6 Å². The van der Waals surface area contributed by atoms with E-state index in [0.29, 0.717) is 50.4 Å². The van der Waals surface area contributed by atoms with E-state index in [-0.39, 0.29) is 18.0 Å². The Labute approximate surface area is 271 Å². The predicted molar refractivity (Wildman–Crippen MR) is 178 cm³/mol. The fourth-order valence-corrected chi connectivity index (χ4v) is 7.20. The minimum absolute atomic E-state index is 0.186. The minimum atomic E-state index is -0.807. The van der Waals surface area contributed by atoms with E-state index in [2.05, 4.69) is 15.9 Å². The number of hydrogen-bond donors (Lipinski definition) is 0. The third-order valence-electron chi connectivity index (χ3n) is 7.78. The van der Waals surface area contributed by atoms with Crippen LogP contribution in [0.3, 0.4) is 0 Å². The normalized spacial score (nSPS) is 14.9. The number of ether oxygens (including phenoxy) is 2. The van der Waals surface area contributed by atoms with Crippen molar-refractivity contribution in [3.63, 3.8) is 0 Å². The summed E-state index contributed by atoms with van der Waals surface area (Å²) in [6.45, 7) is 4.30. The van der Waals surface area contributed by atoms with Crippen molar-refractivity contribution in [2.75, 3.05) is 13.7 Å². The second-order valence-corrected chi connectivity index (χ2v) is 12.5. The lowest BCUT2D eigenvalue weighted by molar-refractivity contribution is -0.139. The predicted octanol–water partition coefficient (Wildman–Crippen LogP) is 6.49. The molecule has 1 atom stereocenters. The largest absolute Gasteiger partial charge is 0.496 e. The van der Waals surface area contributed by atoms with Gasteiger partial charge in [0.05, 0.1) is 36.1 Å². The Kier molecular flexibility index (Phi) is 8.87. The third-order valence-corrected chi connectivity index (χ3v) is 9.26. The van der Waals surface area contributed by atoms with E-state index < -0.39 is 12.0 Å². The maximum atomic E-state index is 14.6. The molecule has 0 saturated heterocycles. The van der Waals surface area contributed by atoms with Crippen LogP contribution in [0.25, 0.3) is 17.0 Å². The Hall–Kier alpha value is -4.28. The Morgan fingerprint density at radius 3 is 2.64 bits per heavy atom. The summed E-state index contributed by atoms with van der Waals surface area (Å²) >= 11 is 4.83. The van der Waals surface area contributed by atoms with Crippen molar-refractivity contribution in [1.82, 2.24) is 9.13 Å². The van der Waals surface area contributed by atoms with E-state index in [1.165, 1.54) is 17.4 Å². The summed E-state index contributed by atoms with van der Waals surface area (Å²) in [5, 5.41) is 0.934. The highest BCUT2D eigenvalue weighted by Crippen LogP contribution is 2.38. The van der Waals surface area contributed by atoms with Crippen molar-refractivity contribution in [2.45, 2.75) is 39.3 Å². The lowest BCUT2D eigenvalue weighted by atomic mass is 9.93. The molecule has 0 radical (unpaired) electrons. The van der Waals surface area contributed by atoms with Gasteiger partial charge in [-0.3, -0.25) is 9.36 Å². The molecule has 0 spiro atoms. The van der Waals surface area contributed by atoms with Crippen LogP contribution in [0.4, 0.5) is 4.39 Å². The second-order valence-electron chi connectivity index (χ2n) is 10.6. The fraction of sp³-hybridized carbons (Fsp3) is 0.229. The number of allylic oxidation sites excluding steroid dienone is 1. The number of rotatable bonds is 9. The molecule has 230 valence electrons. The Bertz CT molecular complexity index is 2150. The first-order valence-electron chi connectivity index (χ1n) is 14.7. The van der Waals surface area contributed by atoms with Gasteiger partial charge in [0.2, 0.25) is 0 Å². The van der Waals surface area contributed by atoms with Crippen LogP contribution in [0, 0.1) is 5.82 Å². The molecule has 1 aliphatic rings. The summed E-state index contributed by atoms with van der Waals surface area (Å²) in [5.74, 6) is -0.246. The van der Waals surface area contributed by atoms with Crippen molar-refractivity contribution >= 4 is 50.2 Å². The zero-order chi connectivity index (χ0) is 31.7. The van der Waals surface area contributed by atoms with Gasteiger partial charge in [-0.2, -0.15) is 0 Å². The highest BCUT2D eigenvalue weighted by atomic mass is 79.9. The van der Waals surface area contributed by atoms with E-state index in [0.717, 1.165) is 27.4 Å². The van der Waals surface area contributed by atoms with Gasteiger partial charge >= 0.3 is 5.97 Å². The van der Waals surface area contributed by atoms with Crippen molar-refractivity contribution in [3.8, 4) is 5.75 Å². The first kappa shape index (κ1) is 30.7. The molecule has 0 unspecified atom stereocenters. The maximum Gasteiger partial charge on any atom is 0.338 e. The number of hydrogen-bond acceptors (Lipinski definition) is 6. The van der Waals surface area contributed by atoms with Crippen LogP contribution in [0.1, 0.15) is 49.4 Å². The van der Waals surface area contributed by atoms with Crippen LogP contribution in [0.15, 0.2) is 98.5 Å². The van der Waals surface area contributed by atoms with E-state index in [1.807, 2.05) is 72.3 Å². The number of esters is 1. The Balaban J connectivity index is 1.58. The van der Waals surface area contributed by atoms with Crippen molar-refractivity contribution < 1.29 is 18.7 Å². The van der Waals surface area contributed by atoms with Crippen LogP contribution in [-0.2, 0) is 16.1 Å². The van der Waals surface area contributed by atoms with Gasteiger partial charge in [-0.15, -0.1) is 0 Å². The van der Waals surface area contributed by atoms with Gasteiger partial charge in [-0.05, 0) is 49.8 Å². The van der Waals surface area contributed by atoms with Gasteiger partial charge in [0.25, 0.3) is 5.56 Å². The van der Waals surface area contributed by atoms with Gasteiger partial charge < -0.3 is 14.0 Å². The molecule has 6 rings (SSSR count).